The van der Waals surface area contributed by atoms with Crippen molar-refractivity contribution >= 4 is 36.8 Å². The van der Waals surface area contributed by atoms with Crippen LogP contribution < -0.4 is 9.74 Å². The van der Waals surface area contributed by atoms with Gasteiger partial charge in [0, 0.05) is 17.6 Å². The summed E-state index contributed by atoms with van der Waals surface area (Å²) in [5.74, 6) is -1.99. The number of amides is 1. The van der Waals surface area contributed by atoms with Gasteiger partial charge in [-0.05, 0) is 72.8 Å². The van der Waals surface area contributed by atoms with E-state index in [0.717, 1.165) is 16.8 Å². The average molecular weight is 591 g/mol. The van der Waals surface area contributed by atoms with E-state index < -0.39 is 31.9 Å². The van der Waals surface area contributed by atoms with Gasteiger partial charge in [0.05, 0.1) is 23.4 Å². The van der Waals surface area contributed by atoms with Gasteiger partial charge in [-0.25, -0.2) is 4.79 Å². The van der Waals surface area contributed by atoms with E-state index in [1.54, 1.807) is 25.1 Å². The van der Waals surface area contributed by atoms with Crippen LogP contribution in [0.15, 0.2) is 36.4 Å². The lowest BCUT2D eigenvalue weighted by molar-refractivity contribution is -0.152. The largest absolute Gasteiger partial charge is 0.542 e. The van der Waals surface area contributed by atoms with Crippen molar-refractivity contribution in [2.24, 2.45) is 0 Å². The number of anilines is 1. The second-order valence-corrected chi connectivity index (χ2v) is 16.9. The minimum atomic E-state index is -4.59. The molecule has 3 aromatic rings. The van der Waals surface area contributed by atoms with E-state index >= 15 is 0 Å². The fourth-order valence-electron chi connectivity index (χ4n) is 6.08. The number of aryl methyl sites for hydroxylation is 2. The van der Waals surface area contributed by atoms with Crippen molar-refractivity contribution in [1.82, 2.24) is 4.57 Å². The number of ether oxygens (including phenoxy) is 1. The number of fused-ring (bicyclic) bond motifs is 1. The number of alkyl halides is 3. The molecule has 0 atom stereocenters. The van der Waals surface area contributed by atoms with Crippen molar-refractivity contribution in [3.63, 3.8) is 0 Å². The van der Waals surface area contributed by atoms with Crippen molar-refractivity contribution < 1.29 is 31.9 Å². The van der Waals surface area contributed by atoms with E-state index in [1.165, 1.54) is 12.1 Å². The first-order valence-corrected chi connectivity index (χ1v) is 16.1. The van der Waals surface area contributed by atoms with Crippen LogP contribution in [0.2, 0.25) is 16.6 Å². The number of nitrogens with one attached hydrogen (secondary N) is 1. The van der Waals surface area contributed by atoms with Crippen LogP contribution in [0.4, 0.5) is 18.9 Å². The molecule has 0 saturated heterocycles. The molecular weight excluding hydrogens is 549 g/mol. The second kappa shape index (κ2) is 12.3. The van der Waals surface area contributed by atoms with Gasteiger partial charge in [0.1, 0.15) is 5.75 Å². The number of carbonyl (C=O) groups is 2. The molecular formula is C31H41F3N2O4Si. The van der Waals surface area contributed by atoms with Crippen molar-refractivity contribution in [1.29, 1.82) is 0 Å². The van der Waals surface area contributed by atoms with Gasteiger partial charge in [0.15, 0.2) is 0 Å². The summed E-state index contributed by atoms with van der Waals surface area (Å²) in [6.45, 7) is 17.9. The number of hydrogen-bond donors (Lipinski definition) is 1. The van der Waals surface area contributed by atoms with Crippen LogP contribution in [0.1, 0.15) is 70.9 Å². The van der Waals surface area contributed by atoms with Crippen molar-refractivity contribution in [3.05, 3.63) is 58.8 Å². The first kappa shape index (κ1) is 32.2. The lowest BCUT2D eigenvalue weighted by Gasteiger charge is -2.42. The molecule has 1 amide bonds. The summed E-state index contributed by atoms with van der Waals surface area (Å²) >= 11 is 0. The van der Waals surface area contributed by atoms with E-state index in [4.69, 9.17) is 9.16 Å². The Kier molecular flexibility index (Phi) is 9.68. The summed E-state index contributed by atoms with van der Waals surface area (Å²) in [6.07, 6.45) is -4.59. The Hall–Kier alpha value is -3.27. The fourth-order valence-corrected chi connectivity index (χ4v) is 11.3. The minimum absolute atomic E-state index is 0.0738. The molecule has 1 heterocycles. The number of aromatic nitrogens is 1. The van der Waals surface area contributed by atoms with E-state index in [0.29, 0.717) is 16.6 Å². The van der Waals surface area contributed by atoms with Crippen molar-refractivity contribution in [3.8, 4) is 5.75 Å². The highest BCUT2D eigenvalue weighted by atomic mass is 28.4. The van der Waals surface area contributed by atoms with Gasteiger partial charge in [-0.1, -0.05) is 53.7 Å². The SMILES string of the molecule is CCOC(=O)C(=O)Nc1ccc(C)c2c1cc(C)n2Cc1ccc(O[Si](C(C)C)(C(C)C)C(C)C)c(C(F)(F)F)c1. The molecule has 1 aromatic heterocycles. The smallest absolute Gasteiger partial charge is 0.419 e. The summed E-state index contributed by atoms with van der Waals surface area (Å²) in [5.41, 5.74) is 2.90. The van der Waals surface area contributed by atoms with Gasteiger partial charge in [-0.2, -0.15) is 13.2 Å². The number of nitrogens with zero attached hydrogens (tertiary/aromatic N) is 1. The molecule has 0 fully saturated rings. The quantitative estimate of drug-likeness (QED) is 0.154. The molecule has 0 spiro atoms. The van der Waals surface area contributed by atoms with Crippen LogP contribution in [0, 0.1) is 13.8 Å². The maximum Gasteiger partial charge on any atom is 0.419 e. The van der Waals surface area contributed by atoms with E-state index in [-0.39, 0.29) is 35.5 Å². The van der Waals surface area contributed by atoms with E-state index in [1.807, 2.05) is 66.0 Å². The maximum absolute atomic E-state index is 14.4. The van der Waals surface area contributed by atoms with Crippen LogP contribution in [0.5, 0.6) is 5.75 Å². The standard InChI is InChI=1S/C31H41F3N2O4Si/c1-10-39-30(38)29(37)35-26-13-11-21(8)28-24(26)15-22(9)36(28)17-23-12-14-27(25(16-23)31(32,33)34)40-41(18(2)3,19(4)5)20(6)7/h11-16,18-20H,10,17H2,1-9H3,(H,35,37). The summed E-state index contributed by atoms with van der Waals surface area (Å²) in [6, 6.07) is 9.68. The van der Waals surface area contributed by atoms with Gasteiger partial charge in [-0.15, -0.1) is 0 Å². The molecule has 10 heteroatoms. The zero-order valence-electron chi connectivity index (χ0n) is 25.3. The third-order valence-electron chi connectivity index (χ3n) is 7.86. The molecule has 0 radical (unpaired) electrons. The summed E-state index contributed by atoms with van der Waals surface area (Å²) in [7, 11) is -2.62. The number of carbonyl (C=O) groups excluding carboxylic acids is 2. The molecule has 41 heavy (non-hydrogen) atoms. The third-order valence-corrected chi connectivity index (χ3v) is 13.8. The van der Waals surface area contributed by atoms with Crippen LogP contribution in [0.3, 0.4) is 0 Å². The third kappa shape index (κ3) is 6.47. The number of rotatable bonds is 9. The summed E-state index contributed by atoms with van der Waals surface area (Å²) in [5, 5.41) is 3.28. The van der Waals surface area contributed by atoms with E-state index in [9.17, 15) is 22.8 Å². The van der Waals surface area contributed by atoms with Crippen molar-refractivity contribution in [2.75, 3.05) is 11.9 Å². The van der Waals surface area contributed by atoms with Crippen LogP contribution >= 0.6 is 0 Å². The highest BCUT2D eigenvalue weighted by molar-refractivity contribution is 6.78. The first-order valence-electron chi connectivity index (χ1n) is 14.0. The van der Waals surface area contributed by atoms with Crippen LogP contribution in [-0.2, 0) is 27.0 Å². The number of benzene rings is 2. The topological polar surface area (TPSA) is 69.6 Å². The number of hydrogen-bond acceptors (Lipinski definition) is 4. The van der Waals surface area contributed by atoms with Gasteiger partial charge in [0.2, 0.25) is 0 Å². The Morgan fingerprint density at radius 3 is 2.10 bits per heavy atom. The normalized spacial score (nSPS) is 12.5. The Balaban J connectivity index is 2.07. The lowest BCUT2D eigenvalue weighted by atomic mass is 10.1. The zero-order chi connectivity index (χ0) is 30.9. The average Bonchev–Trinajstić information content (AvgIpc) is 3.20. The predicted molar refractivity (Wildman–Crippen MR) is 159 cm³/mol. The molecule has 0 aliphatic heterocycles. The number of esters is 1. The molecule has 1 N–H and O–H groups in total. The van der Waals surface area contributed by atoms with Gasteiger partial charge in [0.25, 0.3) is 8.32 Å². The highest BCUT2D eigenvalue weighted by Gasteiger charge is 2.48. The predicted octanol–water partition coefficient (Wildman–Crippen LogP) is 8.38. The molecule has 0 unspecified atom stereocenters. The molecule has 0 bridgehead atoms. The molecule has 3 rings (SSSR count). The van der Waals surface area contributed by atoms with Crippen LogP contribution in [0.25, 0.3) is 10.9 Å². The molecule has 224 valence electrons. The molecule has 6 nitrogen and oxygen atoms in total. The second-order valence-electron chi connectivity index (χ2n) is 11.5. The molecule has 0 aliphatic rings. The van der Waals surface area contributed by atoms with Gasteiger partial charge in [-0.3, -0.25) is 4.79 Å². The van der Waals surface area contributed by atoms with Gasteiger partial charge < -0.3 is 19.0 Å². The monoisotopic (exact) mass is 590 g/mol. The molecule has 2 aromatic carbocycles. The zero-order valence-corrected chi connectivity index (χ0v) is 26.3. The Bertz CT molecular complexity index is 1410. The first-order chi connectivity index (χ1) is 19.0. The maximum atomic E-state index is 14.4. The Labute approximate surface area is 241 Å². The van der Waals surface area contributed by atoms with Gasteiger partial charge >= 0.3 is 18.1 Å². The minimum Gasteiger partial charge on any atom is -0.542 e. The van der Waals surface area contributed by atoms with E-state index in [2.05, 4.69) is 5.32 Å². The fraction of sp³-hybridized carbons (Fsp3) is 0.484. The van der Waals surface area contributed by atoms with Crippen LogP contribution in [-0.4, -0.2) is 31.4 Å². The Morgan fingerprint density at radius 2 is 1.56 bits per heavy atom. The summed E-state index contributed by atoms with van der Waals surface area (Å²) < 4.78 is 56.4. The molecule has 0 saturated carbocycles. The Morgan fingerprint density at radius 1 is 0.951 bits per heavy atom. The summed E-state index contributed by atoms with van der Waals surface area (Å²) in [4.78, 5) is 24.2. The van der Waals surface area contributed by atoms with Crippen molar-refractivity contribution in [2.45, 2.75) is 91.7 Å². The highest BCUT2D eigenvalue weighted by Crippen LogP contribution is 2.46. The molecule has 0 aliphatic carbocycles. The lowest BCUT2D eigenvalue weighted by Crippen LogP contribution is -2.51. The number of halogens is 3.